The summed E-state index contributed by atoms with van der Waals surface area (Å²) >= 11 is 0. The highest BCUT2D eigenvalue weighted by Crippen LogP contribution is 1.93. The molecule has 1 N–H and O–H groups in total. The second kappa shape index (κ2) is 4.66. The van der Waals surface area contributed by atoms with Crippen LogP contribution in [-0.2, 0) is 7.05 Å². The SMILES string of the molecule is CC.CC(=N)c1ccn(C)n1. The average Bonchev–Trinajstić information content (AvgIpc) is 2.40. The fourth-order valence-electron chi connectivity index (χ4n) is 0.615. The van der Waals surface area contributed by atoms with Gasteiger partial charge in [-0.3, -0.25) is 4.68 Å². The van der Waals surface area contributed by atoms with Gasteiger partial charge in [0, 0.05) is 13.2 Å². The smallest absolute Gasteiger partial charge is 0.105 e. The van der Waals surface area contributed by atoms with Crippen LogP contribution in [0.4, 0.5) is 0 Å². The highest BCUT2D eigenvalue weighted by Gasteiger charge is 1.95. The molecule has 62 valence electrons. The van der Waals surface area contributed by atoms with Gasteiger partial charge in [0.05, 0.1) is 5.71 Å². The van der Waals surface area contributed by atoms with Crippen LogP contribution < -0.4 is 0 Å². The molecular weight excluding hydrogens is 138 g/mol. The minimum Gasteiger partial charge on any atom is -0.303 e. The van der Waals surface area contributed by atoms with E-state index < -0.39 is 0 Å². The van der Waals surface area contributed by atoms with E-state index in [1.54, 1.807) is 11.6 Å². The van der Waals surface area contributed by atoms with E-state index in [4.69, 9.17) is 5.41 Å². The predicted molar refractivity (Wildman–Crippen MR) is 47.1 cm³/mol. The number of rotatable bonds is 1. The summed E-state index contributed by atoms with van der Waals surface area (Å²) in [6.45, 7) is 5.72. The molecule has 0 fully saturated rings. The molecular formula is C8H15N3. The van der Waals surface area contributed by atoms with Gasteiger partial charge < -0.3 is 5.41 Å². The van der Waals surface area contributed by atoms with E-state index in [0.29, 0.717) is 5.71 Å². The van der Waals surface area contributed by atoms with Gasteiger partial charge in [-0.2, -0.15) is 5.10 Å². The molecule has 0 spiro atoms. The molecule has 1 aromatic heterocycles. The molecule has 3 heteroatoms. The molecule has 0 aromatic carbocycles. The molecule has 11 heavy (non-hydrogen) atoms. The Morgan fingerprint density at radius 1 is 1.55 bits per heavy atom. The van der Waals surface area contributed by atoms with Crippen molar-refractivity contribution in [1.82, 2.24) is 9.78 Å². The van der Waals surface area contributed by atoms with Crippen molar-refractivity contribution in [3.8, 4) is 0 Å². The van der Waals surface area contributed by atoms with Crippen LogP contribution in [0.3, 0.4) is 0 Å². The summed E-state index contributed by atoms with van der Waals surface area (Å²) in [4.78, 5) is 0. The fraction of sp³-hybridized carbons (Fsp3) is 0.500. The lowest BCUT2D eigenvalue weighted by atomic mass is 10.3. The molecule has 0 saturated heterocycles. The Morgan fingerprint density at radius 2 is 2.09 bits per heavy atom. The van der Waals surface area contributed by atoms with Crippen molar-refractivity contribution < 1.29 is 0 Å². The first-order valence-electron chi connectivity index (χ1n) is 3.75. The zero-order valence-electron chi connectivity index (χ0n) is 7.55. The van der Waals surface area contributed by atoms with Gasteiger partial charge >= 0.3 is 0 Å². The van der Waals surface area contributed by atoms with Gasteiger partial charge in [0.25, 0.3) is 0 Å². The Bertz CT molecular complexity index is 225. The van der Waals surface area contributed by atoms with Crippen molar-refractivity contribution in [2.75, 3.05) is 0 Å². The van der Waals surface area contributed by atoms with Crippen molar-refractivity contribution in [3.05, 3.63) is 18.0 Å². The van der Waals surface area contributed by atoms with Gasteiger partial charge in [-0.15, -0.1) is 0 Å². The number of nitrogens with one attached hydrogen (secondary N) is 1. The Hall–Kier alpha value is -1.12. The number of aryl methyl sites for hydroxylation is 1. The van der Waals surface area contributed by atoms with Crippen LogP contribution in [0.25, 0.3) is 0 Å². The first-order chi connectivity index (χ1) is 5.20. The standard InChI is InChI=1S/C6H9N3.C2H6/c1-5(7)6-3-4-9(2)8-6;1-2/h3-4,7H,1-2H3;1-2H3. The van der Waals surface area contributed by atoms with Crippen LogP contribution in [0.15, 0.2) is 12.3 Å². The van der Waals surface area contributed by atoms with Crippen LogP contribution >= 0.6 is 0 Å². The van der Waals surface area contributed by atoms with Crippen molar-refractivity contribution in [2.24, 2.45) is 7.05 Å². The molecule has 1 rings (SSSR count). The molecule has 1 aromatic rings. The van der Waals surface area contributed by atoms with Crippen LogP contribution in [-0.4, -0.2) is 15.5 Å². The van der Waals surface area contributed by atoms with Crippen LogP contribution in [0.1, 0.15) is 26.5 Å². The number of hydrogen-bond acceptors (Lipinski definition) is 2. The van der Waals surface area contributed by atoms with Crippen LogP contribution in [0.5, 0.6) is 0 Å². The van der Waals surface area contributed by atoms with E-state index in [2.05, 4.69) is 5.10 Å². The molecule has 3 nitrogen and oxygen atoms in total. The van der Waals surface area contributed by atoms with Crippen molar-refractivity contribution in [3.63, 3.8) is 0 Å². The maximum absolute atomic E-state index is 7.17. The molecule has 0 radical (unpaired) electrons. The fourth-order valence-corrected chi connectivity index (χ4v) is 0.615. The molecule has 0 atom stereocenters. The molecule has 0 bridgehead atoms. The van der Waals surface area contributed by atoms with E-state index in [9.17, 15) is 0 Å². The third kappa shape index (κ3) is 2.98. The molecule has 0 aliphatic rings. The second-order valence-electron chi connectivity index (χ2n) is 2.00. The minimum atomic E-state index is 0.510. The monoisotopic (exact) mass is 153 g/mol. The zero-order chi connectivity index (χ0) is 8.85. The highest BCUT2D eigenvalue weighted by molar-refractivity contribution is 5.94. The summed E-state index contributed by atoms with van der Waals surface area (Å²) in [6.07, 6.45) is 1.83. The second-order valence-corrected chi connectivity index (χ2v) is 2.00. The largest absolute Gasteiger partial charge is 0.303 e. The lowest BCUT2D eigenvalue weighted by Gasteiger charge is -1.86. The maximum atomic E-state index is 7.17. The third-order valence-corrected chi connectivity index (χ3v) is 1.10. The first-order valence-corrected chi connectivity index (χ1v) is 3.75. The third-order valence-electron chi connectivity index (χ3n) is 1.10. The minimum absolute atomic E-state index is 0.510. The average molecular weight is 153 g/mol. The molecule has 1 heterocycles. The molecule has 0 unspecified atom stereocenters. The summed E-state index contributed by atoms with van der Waals surface area (Å²) in [5.41, 5.74) is 1.26. The lowest BCUT2D eigenvalue weighted by molar-refractivity contribution is 0.764. The molecule has 0 aliphatic carbocycles. The number of aromatic nitrogens is 2. The molecule has 0 saturated carbocycles. The van der Waals surface area contributed by atoms with Gasteiger partial charge in [-0.05, 0) is 13.0 Å². The Balaban J connectivity index is 0.000000461. The summed E-state index contributed by atoms with van der Waals surface area (Å²) in [5.74, 6) is 0. The maximum Gasteiger partial charge on any atom is 0.105 e. The van der Waals surface area contributed by atoms with Crippen LogP contribution in [0.2, 0.25) is 0 Å². The van der Waals surface area contributed by atoms with Gasteiger partial charge in [0.15, 0.2) is 0 Å². The summed E-state index contributed by atoms with van der Waals surface area (Å²) in [5, 5.41) is 11.2. The topological polar surface area (TPSA) is 41.7 Å². The predicted octanol–water partition coefficient (Wildman–Crippen LogP) is 1.83. The van der Waals surface area contributed by atoms with Gasteiger partial charge in [-0.1, -0.05) is 13.8 Å². The van der Waals surface area contributed by atoms with Crippen molar-refractivity contribution >= 4 is 5.71 Å². The van der Waals surface area contributed by atoms with Crippen LogP contribution in [0, 0.1) is 5.41 Å². The quantitative estimate of drug-likeness (QED) is 0.614. The molecule has 0 aliphatic heterocycles. The van der Waals surface area contributed by atoms with Gasteiger partial charge in [0.1, 0.15) is 5.69 Å². The summed E-state index contributed by atoms with van der Waals surface area (Å²) in [6, 6.07) is 1.82. The number of hydrogen-bond donors (Lipinski definition) is 1. The van der Waals surface area contributed by atoms with E-state index in [0.717, 1.165) is 5.69 Å². The Labute approximate surface area is 67.6 Å². The first kappa shape index (κ1) is 9.88. The number of nitrogens with zero attached hydrogens (tertiary/aromatic N) is 2. The van der Waals surface area contributed by atoms with Gasteiger partial charge in [-0.25, -0.2) is 0 Å². The van der Waals surface area contributed by atoms with E-state index >= 15 is 0 Å². The van der Waals surface area contributed by atoms with Crippen molar-refractivity contribution in [1.29, 1.82) is 5.41 Å². The van der Waals surface area contributed by atoms with E-state index in [-0.39, 0.29) is 0 Å². The van der Waals surface area contributed by atoms with Gasteiger partial charge in [0.2, 0.25) is 0 Å². The summed E-state index contributed by atoms with van der Waals surface area (Å²) in [7, 11) is 1.84. The Kier molecular flexibility index (Phi) is 4.18. The highest BCUT2D eigenvalue weighted by atomic mass is 15.2. The Morgan fingerprint density at radius 3 is 2.27 bits per heavy atom. The lowest BCUT2D eigenvalue weighted by Crippen LogP contribution is -1.95. The zero-order valence-corrected chi connectivity index (χ0v) is 7.55. The summed E-state index contributed by atoms with van der Waals surface area (Å²) < 4.78 is 1.69. The molecule has 0 amide bonds. The van der Waals surface area contributed by atoms with Crippen molar-refractivity contribution in [2.45, 2.75) is 20.8 Å². The van der Waals surface area contributed by atoms with E-state index in [1.165, 1.54) is 0 Å². The van der Waals surface area contributed by atoms with E-state index in [1.807, 2.05) is 33.2 Å². The normalized spacial score (nSPS) is 8.36.